The molecule has 0 aromatic rings. The molecule has 0 unspecified atom stereocenters. The monoisotopic (exact) mass is 168 g/mol. The third-order valence-corrected chi connectivity index (χ3v) is 4.02. The Labute approximate surface area is 70.7 Å². The molecular weight excluding hydrogens is 156 g/mol. The van der Waals surface area contributed by atoms with Crippen molar-refractivity contribution < 1.29 is 14.6 Å². The molecule has 66 valence electrons. The van der Waals surface area contributed by atoms with E-state index in [1.54, 1.807) is 0 Å². The fourth-order valence-electron chi connectivity index (χ4n) is 3.02. The summed E-state index contributed by atoms with van der Waals surface area (Å²) in [5.74, 6) is -0.292. The molecule has 3 fully saturated rings. The summed E-state index contributed by atoms with van der Waals surface area (Å²) in [4.78, 5) is 11.1. The third-order valence-electron chi connectivity index (χ3n) is 4.02. The molecule has 1 saturated heterocycles. The molecule has 0 radical (unpaired) electrons. The molecule has 0 amide bonds. The van der Waals surface area contributed by atoms with E-state index in [0.29, 0.717) is 12.5 Å². The van der Waals surface area contributed by atoms with Gasteiger partial charge in [-0.25, -0.2) is 0 Å². The molecule has 0 bridgehead atoms. The van der Waals surface area contributed by atoms with E-state index in [9.17, 15) is 4.79 Å². The Morgan fingerprint density at radius 2 is 2.25 bits per heavy atom. The van der Waals surface area contributed by atoms with Crippen LogP contribution in [0.25, 0.3) is 0 Å². The molecule has 1 spiro atoms. The molecule has 3 heteroatoms. The molecule has 1 aliphatic heterocycles. The average molecular weight is 168 g/mol. The largest absolute Gasteiger partial charge is 0.481 e. The normalized spacial score (nSPS) is 46.8. The minimum atomic E-state index is -0.621. The first-order valence-electron chi connectivity index (χ1n) is 4.59. The van der Waals surface area contributed by atoms with Crippen LogP contribution in [-0.2, 0) is 9.53 Å². The summed E-state index contributed by atoms with van der Waals surface area (Å²) < 4.78 is 5.62. The minimum Gasteiger partial charge on any atom is -0.481 e. The Morgan fingerprint density at radius 3 is 2.58 bits per heavy atom. The van der Waals surface area contributed by atoms with Crippen molar-refractivity contribution in [3.05, 3.63) is 0 Å². The van der Waals surface area contributed by atoms with Crippen molar-refractivity contribution in [2.24, 2.45) is 11.3 Å². The van der Waals surface area contributed by atoms with Crippen LogP contribution < -0.4 is 0 Å². The van der Waals surface area contributed by atoms with Crippen LogP contribution in [0.2, 0.25) is 0 Å². The zero-order chi connectivity index (χ0) is 8.40. The molecule has 3 rings (SSSR count). The van der Waals surface area contributed by atoms with E-state index in [2.05, 4.69) is 0 Å². The molecule has 12 heavy (non-hydrogen) atoms. The number of fused-ring (bicyclic) bond motifs is 2. The number of carbonyl (C=O) groups is 1. The molecule has 2 saturated carbocycles. The maximum Gasteiger partial charge on any atom is 0.312 e. The van der Waals surface area contributed by atoms with E-state index >= 15 is 0 Å². The van der Waals surface area contributed by atoms with Gasteiger partial charge in [-0.3, -0.25) is 4.79 Å². The van der Waals surface area contributed by atoms with Gasteiger partial charge < -0.3 is 9.84 Å². The Balaban J connectivity index is 2.00. The van der Waals surface area contributed by atoms with Crippen LogP contribution >= 0.6 is 0 Å². The van der Waals surface area contributed by atoms with Gasteiger partial charge in [-0.05, 0) is 25.7 Å². The van der Waals surface area contributed by atoms with Gasteiger partial charge in [-0.2, -0.15) is 0 Å². The van der Waals surface area contributed by atoms with E-state index in [4.69, 9.17) is 9.84 Å². The van der Waals surface area contributed by atoms with Crippen molar-refractivity contribution in [2.75, 3.05) is 6.61 Å². The summed E-state index contributed by atoms with van der Waals surface area (Å²) in [5.41, 5.74) is -0.686. The van der Waals surface area contributed by atoms with Gasteiger partial charge in [0.1, 0.15) is 5.41 Å². The second-order valence-corrected chi connectivity index (χ2v) is 4.34. The first-order valence-corrected chi connectivity index (χ1v) is 4.59. The Bertz CT molecular complexity index is 256. The quantitative estimate of drug-likeness (QED) is 0.636. The van der Waals surface area contributed by atoms with Gasteiger partial charge in [0.05, 0.1) is 12.2 Å². The number of carboxylic acid groups (broad SMARTS) is 1. The first-order chi connectivity index (χ1) is 5.71. The summed E-state index contributed by atoms with van der Waals surface area (Å²) in [6, 6.07) is 0. The maximum atomic E-state index is 11.1. The van der Waals surface area contributed by atoms with Gasteiger partial charge in [0, 0.05) is 5.92 Å². The predicted molar refractivity (Wildman–Crippen MR) is 40.7 cm³/mol. The lowest BCUT2D eigenvalue weighted by atomic mass is 9.69. The summed E-state index contributed by atoms with van der Waals surface area (Å²) in [5, 5.41) is 9.13. The van der Waals surface area contributed by atoms with Crippen LogP contribution in [0.5, 0.6) is 0 Å². The van der Waals surface area contributed by atoms with Crippen molar-refractivity contribution in [1.82, 2.24) is 0 Å². The van der Waals surface area contributed by atoms with E-state index in [0.717, 1.165) is 25.7 Å². The molecule has 1 N–H and O–H groups in total. The Hall–Kier alpha value is -0.570. The van der Waals surface area contributed by atoms with Crippen molar-refractivity contribution in [2.45, 2.75) is 31.3 Å². The average Bonchev–Trinajstić information content (AvgIpc) is 2.58. The zero-order valence-electron chi connectivity index (χ0n) is 6.88. The smallest absolute Gasteiger partial charge is 0.312 e. The topological polar surface area (TPSA) is 46.5 Å². The van der Waals surface area contributed by atoms with E-state index < -0.39 is 11.4 Å². The van der Waals surface area contributed by atoms with E-state index in [1.807, 2.05) is 0 Å². The van der Waals surface area contributed by atoms with E-state index in [1.165, 1.54) is 0 Å². The molecule has 0 aromatic carbocycles. The lowest BCUT2D eigenvalue weighted by molar-refractivity contribution is -0.164. The fourth-order valence-corrected chi connectivity index (χ4v) is 3.02. The van der Waals surface area contributed by atoms with Crippen molar-refractivity contribution in [3.8, 4) is 0 Å². The van der Waals surface area contributed by atoms with Crippen molar-refractivity contribution in [3.63, 3.8) is 0 Å². The molecule has 2 atom stereocenters. The zero-order valence-corrected chi connectivity index (χ0v) is 6.88. The van der Waals surface area contributed by atoms with E-state index in [-0.39, 0.29) is 5.60 Å². The number of hydrogen-bond donors (Lipinski definition) is 1. The lowest BCUT2D eigenvalue weighted by Crippen LogP contribution is -2.49. The molecule has 2 aliphatic carbocycles. The highest BCUT2D eigenvalue weighted by Crippen LogP contribution is 2.71. The standard InChI is InChI=1S/C9H12O3/c10-7(11)9-4-6(9)5-12-8(9)2-1-3-8/h6H,1-5H2,(H,10,11)/t6-,9-/m0/s1. The molecule has 3 nitrogen and oxygen atoms in total. The van der Waals surface area contributed by atoms with Gasteiger partial charge in [-0.15, -0.1) is 0 Å². The molecule has 1 heterocycles. The minimum absolute atomic E-state index is 0.233. The number of ether oxygens (including phenoxy) is 1. The van der Waals surface area contributed by atoms with Gasteiger partial charge >= 0.3 is 5.97 Å². The molecule has 0 aromatic heterocycles. The SMILES string of the molecule is O=C(O)[C@]12C[C@H]1COC21CCC1. The van der Waals surface area contributed by atoms with Gasteiger partial charge in [-0.1, -0.05) is 0 Å². The lowest BCUT2D eigenvalue weighted by Gasteiger charge is -2.43. The van der Waals surface area contributed by atoms with Crippen LogP contribution in [0, 0.1) is 11.3 Å². The summed E-state index contributed by atoms with van der Waals surface area (Å²) >= 11 is 0. The van der Waals surface area contributed by atoms with Gasteiger partial charge in [0.15, 0.2) is 0 Å². The predicted octanol–water partition coefficient (Wildman–Crippen LogP) is 1.03. The second kappa shape index (κ2) is 1.69. The number of aliphatic carboxylic acids is 1. The highest BCUT2D eigenvalue weighted by Gasteiger charge is 2.77. The van der Waals surface area contributed by atoms with Crippen molar-refractivity contribution in [1.29, 1.82) is 0 Å². The summed E-state index contributed by atoms with van der Waals surface area (Å²) in [6.45, 7) is 0.687. The second-order valence-electron chi connectivity index (χ2n) is 4.34. The summed E-state index contributed by atoms with van der Waals surface area (Å²) in [7, 11) is 0. The van der Waals surface area contributed by atoms with Crippen LogP contribution in [0.1, 0.15) is 25.7 Å². The van der Waals surface area contributed by atoms with Crippen molar-refractivity contribution >= 4 is 5.97 Å². The first kappa shape index (κ1) is 6.89. The molecular formula is C9H12O3. The summed E-state index contributed by atoms with van der Waals surface area (Å²) in [6.07, 6.45) is 3.94. The van der Waals surface area contributed by atoms with Crippen LogP contribution in [-0.4, -0.2) is 23.3 Å². The van der Waals surface area contributed by atoms with Gasteiger partial charge in [0.25, 0.3) is 0 Å². The maximum absolute atomic E-state index is 11.1. The Kier molecular flexibility index (Phi) is 0.971. The number of hydrogen-bond acceptors (Lipinski definition) is 2. The number of rotatable bonds is 1. The van der Waals surface area contributed by atoms with Crippen LogP contribution in [0.15, 0.2) is 0 Å². The Morgan fingerprint density at radius 1 is 1.50 bits per heavy atom. The molecule has 3 aliphatic rings. The van der Waals surface area contributed by atoms with Crippen LogP contribution in [0.4, 0.5) is 0 Å². The highest BCUT2D eigenvalue weighted by molar-refractivity contribution is 5.81. The highest BCUT2D eigenvalue weighted by atomic mass is 16.5. The van der Waals surface area contributed by atoms with Gasteiger partial charge in [0.2, 0.25) is 0 Å². The fraction of sp³-hybridized carbons (Fsp3) is 0.889. The van der Waals surface area contributed by atoms with Crippen LogP contribution in [0.3, 0.4) is 0 Å². The third kappa shape index (κ3) is 0.478. The number of carboxylic acids is 1.